The number of esters is 1. The molecule has 18 heavy (non-hydrogen) atoms. The lowest BCUT2D eigenvalue weighted by atomic mass is 10.2. The van der Waals surface area contributed by atoms with Gasteiger partial charge in [-0.25, -0.2) is 0 Å². The SMILES string of the molecule is CC(CC(=O)OC(C)(C)C)ON=C(C#N)C(=N)N. The van der Waals surface area contributed by atoms with Crippen LogP contribution in [-0.2, 0) is 14.4 Å². The second-order valence-corrected chi connectivity index (χ2v) is 4.67. The number of nitrogens with one attached hydrogen (secondary N) is 1. The molecule has 0 amide bonds. The van der Waals surface area contributed by atoms with Gasteiger partial charge in [0.05, 0.1) is 6.42 Å². The Morgan fingerprint density at radius 2 is 2.11 bits per heavy atom. The van der Waals surface area contributed by atoms with Gasteiger partial charge in [0.2, 0.25) is 5.71 Å². The number of nitrogens with two attached hydrogens (primary N) is 1. The van der Waals surface area contributed by atoms with Crippen molar-refractivity contribution < 1.29 is 14.4 Å². The van der Waals surface area contributed by atoms with Crippen molar-refractivity contribution in [2.24, 2.45) is 10.9 Å². The molecule has 0 saturated heterocycles. The van der Waals surface area contributed by atoms with Crippen LogP contribution in [0.25, 0.3) is 0 Å². The van der Waals surface area contributed by atoms with Crippen molar-refractivity contribution in [3.05, 3.63) is 0 Å². The highest BCUT2D eigenvalue weighted by Crippen LogP contribution is 2.10. The Morgan fingerprint density at radius 1 is 1.56 bits per heavy atom. The van der Waals surface area contributed by atoms with E-state index in [-0.39, 0.29) is 12.1 Å². The van der Waals surface area contributed by atoms with Crippen molar-refractivity contribution in [1.29, 1.82) is 10.7 Å². The first-order chi connectivity index (χ1) is 8.15. The van der Waals surface area contributed by atoms with E-state index >= 15 is 0 Å². The van der Waals surface area contributed by atoms with Crippen molar-refractivity contribution in [2.45, 2.75) is 45.8 Å². The molecule has 0 aromatic rings. The molecule has 0 aliphatic rings. The van der Waals surface area contributed by atoms with E-state index in [0.29, 0.717) is 0 Å². The van der Waals surface area contributed by atoms with Crippen LogP contribution in [-0.4, -0.2) is 29.2 Å². The summed E-state index contributed by atoms with van der Waals surface area (Å²) in [4.78, 5) is 16.3. The third-order valence-electron chi connectivity index (χ3n) is 1.56. The number of amidine groups is 1. The van der Waals surface area contributed by atoms with Gasteiger partial charge in [-0.1, -0.05) is 5.16 Å². The van der Waals surface area contributed by atoms with Crippen molar-refractivity contribution in [3.63, 3.8) is 0 Å². The Bertz CT molecular complexity index is 390. The standard InChI is InChI=1S/C11H18N4O3/c1-7(5-9(16)17-11(2,3)4)18-15-8(6-12)10(13)14/h7H,5H2,1-4H3,(H3,13,14). The van der Waals surface area contributed by atoms with Crippen LogP contribution in [0.4, 0.5) is 0 Å². The summed E-state index contributed by atoms with van der Waals surface area (Å²) in [6.45, 7) is 6.89. The maximum atomic E-state index is 11.4. The zero-order valence-corrected chi connectivity index (χ0v) is 11.0. The summed E-state index contributed by atoms with van der Waals surface area (Å²) < 4.78 is 5.09. The predicted molar refractivity (Wildman–Crippen MR) is 66.0 cm³/mol. The van der Waals surface area contributed by atoms with E-state index in [1.807, 2.05) is 0 Å². The van der Waals surface area contributed by atoms with Gasteiger partial charge in [0.1, 0.15) is 17.8 Å². The average molecular weight is 254 g/mol. The average Bonchev–Trinajstić information content (AvgIpc) is 2.14. The molecule has 3 N–H and O–H groups in total. The third-order valence-corrected chi connectivity index (χ3v) is 1.56. The smallest absolute Gasteiger partial charge is 0.310 e. The lowest BCUT2D eigenvalue weighted by molar-refractivity contribution is -0.157. The van der Waals surface area contributed by atoms with Gasteiger partial charge in [0, 0.05) is 0 Å². The summed E-state index contributed by atoms with van der Waals surface area (Å²) in [6.07, 6.45) is -0.570. The molecule has 1 atom stereocenters. The number of carbonyl (C=O) groups excluding carboxylic acids is 1. The minimum absolute atomic E-state index is 0.00260. The second-order valence-electron chi connectivity index (χ2n) is 4.67. The fourth-order valence-electron chi connectivity index (χ4n) is 0.928. The quantitative estimate of drug-likeness (QED) is 0.327. The minimum Gasteiger partial charge on any atom is -0.460 e. The number of hydrogen-bond acceptors (Lipinski definition) is 6. The van der Waals surface area contributed by atoms with Gasteiger partial charge < -0.3 is 15.3 Å². The maximum absolute atomic E-state index is 11.4. The second kappa shape index (κ2) is 6.59. The van der Waals surface area contributed by atoms with E-state index in [4.69, 9.17) is 26.0 Å². The van der Waals surface area contributed by atoms with E-state index in [1.165, 1.54) is 0 Å². The van der Waals surface area contributed by atoms with Gasteiger partial charge in [-0.05, 0) is 27.7 Å². The van der Waals surface area contributed by atoms with Crippen LogP contribution >= 0.6 is 0 Å². The fourth-order valence-corrected chi connectivity index (χ4v) is 0.928. The molecule has 0 aliphatic heterocycles. The number of rotatable bonds is 5. The highest BCUT2D eigenvalue weighted by atomic mass is 16.6. The van der Waals surface area contributed by atoms with Gasteiger partial charge in [-0.15, -0.1) is 0 Å². The number of carbonyl (C=O) groups is 1. The van der Waals surface area contributed by atoms with Gasteiger partial charge in [0.15, 0.2) is 5.84 Å². The highest BCUT2D eigenvalue weighted by Gasteiger charge is 2.19. The topological polar surface area (TPSA) is 122 Å². The van der Waals surface area contributed by atoms with Crippen LogP contribution in [0.1, 0.15) is 34.1 Å². The fraction of sp³-hybridized carbons (Fsp3) is 0.636. The number of nitriles is 1. The summed E-state index contributed by atoms with van der Waals surface area (Å²) in [6, 6.07) is 1.61. The van der Waals surface area contributed by atoms with Gasteiger partial charge in [-0.2, -0.15) is 5.26 Å². The molecule has 0 saturated carbocycles. The van der Waals surface area contributed by atoms with E-state index in [2.05, 4.69) is 5.16 Å². The lowest BCUT2D eigenvalue weighted by Gasteiger charge is -2.20. The number of hydrogen-bond donors (Lipinski definition) is 2. The van der Waals surface area contributed by atoms with E-state index in [9.17, 15) is 4.79 Å². The molecule has 0 bridgehead atoms. The molecule has 7 nitrogen and oxygen atoms in total. The summed E-state index contributed by atoms with van der Waals surface area (Å²) in [5, 5.41) is 19.0. The van der Waals surface area contributed by atoms with E-state index < -0.39 is 23.5 Å². The Labute approximate surface area is 106 Å². The third kappa shape index (κ3) is 7.22. The first kappa shape index (κ1) is 15.9. The number of ether oxygens (including phenoxy) is 1. The molecule has 0 fully saturated rings. The van der Waals surface area contributed by atoms with Crippen LogP contribution in [0.5, 0.6) is 0 Å². The van der Waals surface area contributed by atoms with E-state index in [1.54, 1.807) is 33.8 Å². The van der Waals surface area contributed by atoms with Gasteiger partial charge in [0.25, 0.3) is 0 Å². The molecule has 0 aromatic heterocycles. The molecule has 0 radical (unpaired) electrons. The molecular formula is C11H18N4O3. The zero-order valence-electron chi connectivity index (χ0n) is 11.0. The highest BCUT2D eigenvalue weighted by molar-refractivity contribution is 6.45. The molecule has 0 spiro atoms. The molecule has 0 aliphatic carbocycles. The first-order valence-electron chi connectivity index (χ1n) is 5.36. The number of oxime groups is 1. The zero-order chi connectivity index (χ0) is 14.3. The number of nitrogens with zero attached hydrogens (tertiary/aromatic N) is 2. The van der Waals surface area contributed by atoms with Crippen LogP contribution in [0, 0.1) is 16.7 Å². The molecule has 7 heteroatoms. The Balaban J connectivity index is 4.29. The van der Waals surface area contributed by atoms with Crippen molar-refractivity contribution in [2.75, 3.05) is 0 Å². The van der Waals surface area contributed by atoms with Crippen molar-refractivity contribution in [1.82, 2.24) is 0 Å². The van der Waals surface area contributed by atoms with Crippen LogP contribution in [0.3, 0.4) is 0 Å². The molecule has 100 valence electrons. The molecule has 1 unspecified atom stereocenters. The van der Waals surface area contributed by atoms with Gasteiger partial charge >= 0.3 is 5.97 Å². The Kier molecular flexibility index (Phi) is 5.82. The Morgan fingerprint density at radius 3 is 2.50 bits per heavy atom. The molecule has 0 rings (SSSR count). The molecular weight excluding hydrogens is 236 g/mol. The van der Waals surface area contributed by atoms with Crippen molar-refractivity contribution in [3.8, 4) is 6.07 Å². The summed E-state index contributed by atoms with van der Waals surface area (Å²) in [5.41, 5.74) is 4.19. The van der Waals surface area contributed by atoms with Gasteiger partial charge in [-0.3, -0.25) is 10.2 Å². The van der Waals surface area contributed by atoms with Crippen LogP contribution in [0.2, 0.25) is 0 Å². The van der Waals surface area contributed by atoms with Crippen LogP contribution in [0.15, 0.2) is 5.16 Å². The lowest BCUT2D eigenvalue weighted by Crippen LogP contribution is -2.26. The van der Waals surface area contributed by atoms with E-state index in [0.717, 1.165) is 0 Å². The summed E-state index contributed by atoms with van der Waals surface area (Å²) >= 11 is 0. The maximum Gasteiger partial charge on any atom is 0.310 e. The summed E-state index contributed by atoms with van der Waals surface area (Å²) in [5.74, 6) is -0.909. The molecule has 0 heterocycles. The minimum atomic E-state index is -0.567. The monoisotopic (exact) mass is 254 g/mol. The van der Waals surface area contributed by atoms with Crippen molar-refractivity contribution >= 4 is 17.5 Å². The normalized spacial score (nSPS) is 13.4. The first-order valence-corrected chi connectivity index (χ1v) is 5.36. The largest absolute Gasteiger partial charge is 0.460 e. The van der Waals surface area contributed by atoms with Crippen LogP contribution < -0.4 is 5.73 Å². The predicted octanol–water partition coefficient (Wildman–Crippen LogP) is 0.939. The Hall–Kier alpha value is -2.10. The molecule has 0 aromatic carbocycles. The summed E-state index contributed by atoms with van der Waals surface area (Å²) in [7, 11) is 0.